The highest BCUT2D eigenvalue weighted by molar-refractivity contribution is 5.93. The van der Waals surface area contributed by atoms with E-state index in [9.17, 15) is 14.4 Å². The van der Waals surface area contributed by atoms with Gasteiger partial charge in [-0.1, -0.05) is 86.6 Å². The third kappa shape index (κ3) is 6.48. The SMILES string of the molecule is COC(=O)[C@]12C[C@H](CC(=O)NCCCCc3ccccc3)C(=O)N(Cc3cccc4ccccc34)C1=C[C@H](C(C)C)O[C@@H]2C1CC1. The summed E-state index contributed by atoms with van der Waals surface area (Å²) in [6, 6.07) is 24.6. The second-order valence-corrected chi connectivity index (χ2v) is 13.6. The number of esters is 1. The van der Waals surface area contributed by atoms with E-state index in [1.165, 1.54) is 12.7 Å². The van der Waals surface area contributed by atoms with Gasteiger partial charge in [0.25, 0.3) is 0 Å². The number of hydrogen-bond acceptors (Lipinski definition) is 5. The molecule has 0 spiro atoms. The fraction of sp³-hybridized carbons (Fsp3) is 0.462. The number of unbranched alkanes of at least 4 members (excludes halogenated alkanes) is 1. The Hall–Kier alpha value is -3.97. The first-order chi connectivity index (χ1) is 22.3. The van der Waals surface area contributed by atoms with E-state index < -0.39 is 17.4 Å². The summed E-state index contributed by atoms with van der Waals surface area (Å²) < 4.78 is 12.3. The third-order valence-electron chi connectivity index (χ3n) is 10.00. The van der Waals surface area contributed by atoms with Crippen LogP contribution in [0.4, 0.5) is 0 Å². The highest BCUT2D eigenvalue weighted by atomic mass is 16.5. The van der Waals surface area contributed by atoms with Crippen LogP contribution in [0.3, 0.4) is 0 Å². The van der Waals surface area contributed by atoms with Crippen molar-refractivity contribution >= 4 is 28.6 Å². The van der Waals surface area contributed by atoms with Crippen LogP contribution in [0.1, 0.15) is 63.5 Å². The van der Waals surface area contributed by atoms with Gasteiger partial charge in [0.15, 0.2) is 0 Å². The molecular formula is C39H46N2O5. The molecule has 1 N–H and O–H groups in total. The minimum atomic E-state index is -1.17. The largest absolute Gasteiger partial charge is 0.468 e. The number of likely N-dealkylation sites (tertiary alicyclic amines) is 1. The van der Waals surface area contributed by atoms with E-state index in [1.54, 1.807) is 4.90 Å². The topological polar surface area (TPSA) is 84.9 Å². The average molecular weight is 623 g/mol. The predicted octanol–water partition coefficient (Wildman–Crippen LogP) is 6.59. The second-order valence-electron chi connectivity index (χ2n) is 13.6. The lowest BCUT2D eigenvalue weighted by Gasteiger charge is -2.53. The van der Waals surface area contributed by atoms with Crippen LogP contribution in [-0.2, 0) is 36.8 Å². The molecule has 1 saturated carbocycles. The van der Waals surface area contributed by atoms with Gasteiger partial charge in [-0.3, -0.25) is 14.4 Å². The molecule has 1 saturated heterocycles. The van der Waals surface area contributed by atoms with Crippen LogP contribution in [0.15, 0.2) is 84.6 Å². The van der Waals surface area contributed by atoms with Crippen LogP contribution in [-0.4, -0.2) is 48.5 Å². The summed E-state index contributed by atoms with van der Waals surface area (Å²) in [5.41, 5.74) is 1.78. The summed E-state index contributed by atoms with van der Waals surface area (Å²) in [6.45, 7) is 5.04. The fourth-order valence-electron chi connectivity index (χ4n) is 7.44. The van der Waals surface area contributed by atoms with Gasteiger partial charge in [0.05, 0.1) is 25.9 Å². The molecule has 4 atom stereocenters. The molecule has 7 nitrogen and oxygen atoms in total. The van der Waals surface area contributed by atoms with Crippen LogP contribution in [0.2, 0.25) is 0 Å². The summed E-state index contributed by atoms with van der Waals surface area (Å²) in [5.74, 6) is -1.01. The molecule has 3 aromatic rings. The van der Waals surface area contributed by atoms with Crippen molar-refractivity contribution in [1.82, 2.24) is 10.2 Å². The van der Waals surface area contributed by atoms with Gasteiger partial charge in [-0.05, 0) is 78.3 Å². The molecule has 2 heterocycles. The maximum absolute atomic E-state index is 14.5. The first-order valence-electron chi connectivity index (χ1n) is 16.9. The minimum absolute atomic E-state index is 0.0145. The predicted molar refractivity (Wildman–Crippen MR) is 178 cm³/mol. The van der Waals surface area contributed by atoms with Gasteiger partial charge in [-0.2, -0.15) is 0 Å². The van der Waals surface area contributed by atoms with Crippen LogP contribution >= 0.6 is 0 Å². The molecule has 3 aliphatic rings. The number of methoxy groups -OCH3 is 1. The number of fused-ring (bicyclic) bond motifs is 2. The number of carbonyl (C=O) groups is 3. The molecule has 0 unspecified atom stereocenters. The van der Waals surface area contributed by atoms with Crippen molar-refractivity contribution in [2.45, 2.75) is 77.5 Å². The van der Waals surface area contributed by atoms with Gasteiger partial charge in [0.2, 0.25) is 11.8 Å². The summed E-state index contributed by atoms with van der Waals surface area (Å²) in [4.78, 5) is 43.7. The molecule has 1 aliphatic carbocycles. The van der Waals surface area contributed by atoms with Crippen LogP contribution < -0.4 is 5.32 Å². The molecule has 2 amide bonds. The quantitative estimate of drug-likeness (QED) is 0.182. The van der Waals surface area contributed by atoms with Crippen molar-refractivity contribution in [2.24, 2.45) is 23.2 Å². The second kappa shape index (κ2) is 13.8. The summed E-state index contributed by atoms with van der Waals surface area (Å²) >= 11 is 0. The highest BCUT2D eigenvalue weighted by Crippen LogP contribution is 2.56. The molecule has 0 bridgehead atoms. The van der Waals surface area contributed by atoms with Crippen LogP contribution in [0.5, 0.6) is 0 Å². The Kier molecular flexibility index (Phi) is 9.60. The number of amides is 2. The molecule has 242 valence electrons. The number of nitrogens with zero attached hydrogens (tertiary/aromatic N) is 1. The molecular weight excluding hydrogens is 576 g/mol. The normalized spacial score (nSPS) is 24.4. The summed E-state index contributed by atoms with van der Waals surface area (Å²) in [5, 5.41) is 5.20. The summed E-state index contributed by atoms with van der Waals surface area (Å²) in [7, 11) is 1.41. The molecule has 3 aromatic carbocycles. The Morgan fingerprint density at radius 2 is 1.74 bits per heavy atom. The zero-order valence-corrected chi connectivity index (χ0v) is 27.2. The fourth-order valence-corrected chi connectivity index (χ4v) is 7.44. The molecule has 0 aromatic heterocycles. The van der Waals surface area contributed by atoms with E-state index >= 15 is 0 Å². The molecule has 2 fully saturated rings. The van der Waals surface area contributed by atoms with Gasteiger partial charge in [0.1, 0.15) is 5.41 Å². The Balaban J connectivity index is 1.29. The Morgan fingerprint density at radius 1 is 1.00 bits per heavy atom. The molecule has 6 rings (SSSR count). The molecule has 0 radical (unpaired) electrons. The summed E-state index contributed by atoms with van der Waals surface area (Å²) in [6.07, 6.45) is 6.24. The van der Waals surface area contributed by atoms with Gasteiger partial charge < -0.3 is 19.7 Å². The molecule has 46 heavy (non-hydrogen) atoms. The number of piperidine rings is 1. The third-order valence-corrected chi connectivity index (χ3v) is 10.00. The van der Waals surface area contributed by atoms with Gasteiger partial charge >= 0.3 is 5.97 Å². The zero-order chi connectivity index (χ0) is 32.3. The van der Waals surface area contributed by atoms with E-state index in [4.69, 9.17) is 9.47 Å². The number of nitrogens with one attached hydrogen (secondary N) is 1. The van der Waals surface area contributed by atoms with Gasteiger partial charge in [0, 0.05) is 24.6 Å². The number of ether oxygens (including phenoxy) is 2. The number of benzene rings is 3. The van der Waals surface area contributed by atoms with Crippen molar-refractivity contribution < 1.29 is 23.9 Å². The van der Waals surface area contributed by atoms with E-state index in [1.807, 2.05) is 48.5 Å². The lowest BCUT2D eigenvalue weighted by Crippen LogP contribution is -2.61. The van der Waals surface area contributed by atoms with E-state index in [2.05, 4.69) is 49.5 Å². The van der Waals surface area contributed by atoms with E-state index in [0.717, 1.165) is 48.4 Å². The van der Waals surface area contributed by atoms with Crippen molar-refractivity contribution in [2.75, 3.05) is 13.7 Å². The van der Waals surface area contributed by atoms with Gasteiger partial charge in [-0.25, -0.2) is 0 Å². The number of carbonyl (C=O) groups excluding carboxylic acids is 3. The lowest BCUT2D eigenvalue weighted by atomic mass is 9.64. The highest BCUT2D eigenvalue weighted by Gasteiger charge is 2.63. The number of aryl methyl sites for hydroxylation is 1. The standard InChI is InChI=1S/C39H46N2O5/c1-26(2)33-23-34-39(38(44)45-3,36(46-33)29-19-20-29)24-31(22-35(42)40-21-10-9-14-27-12-5-4-6-13-27)37(43)41(34)25-30-17-11-16-28-15-7-8-18-32(28)30/h4-8,11-13,15-18,23,26,29,31,33,36H,9-10,14,19-22,24-25H2,1-3H3,(H,40,42)/t31-,33+,36+,39+/m0/s1. The van der Waals surface area contributed by atoms with E-state index in [0.29, 0.717) is 18.8 Å². The first-order valence-corrected chi connectivity index (χ1v) is 16.9. The lowest BCUT2D eigenvalue weighted by molar-refractivity contribution is -0.182. The maximum atomic E-state index is 14.5. The monoisotopic (exact) mass is 622 g/mol. The minimum Gasteiger partial charge on any atom is -0.468 e. The van der Waals surface area contributed by atoms with Crippen molar-refractivity contribution in [3.63, 3.8) is 0 Å². The average Bonchev–Trinajstić information content (AvgIpc) is 3.92. The van der Waals surface area contributed by atoms with E-state index in [-0.39, 0.29) is 48.6 Å². The Labute approximate surface area is 272 Å². The molecule has 7 heteroatoms. The smallest absolute Gasteiger partial charge is 0.320 e. The maximum Gasteiger partial charge on any atom is 0.320 e. The van der Waals surface area contributed by atoms with Gasteiger partial charge in [-0.15, -0.1) is 0 Å². The van der Waals surface area contributed by atoms with Crippen LogP contribution in [0.25, 0.3) is 10.8 Å². The van der Waals surface area contributed by atoms with Crippen LogP contribution in [0, 0.1) is 23.2 Å². The van der Waals surface area contributed by atoms with Crippen molar-refractivity contribution in [3.05, 3.63) is 95.7 Å². The Bertz CT molecular complexity index is 1590. The number of hydrogen-bond donors (Lipinski definition) is 1. The molecule has 2 aliphatic heterocycles. The van der Waals surface area contributed by atoms with Crippen molar-refractivity contribution in [1.29, 1.82) is 0 Å². The zero-order valence-electron chi connectivity index (χ0n) is 27.2. The first kappa shape index (κ1) is 32.0. The van der Waals surface area contributed by atoms with Crippen molar-refractivity contribution in [3.8, 4) is 0 Å². The number of rotatable bonds is 12. The Morgan fingerprint density at radius 3 is 2.48 bits per heavy atom.